The number of rotatable bonds is 8. The summed E-state index contributed by atoms with van der Waals surface area (Å²) in [5.74, 6) is -1.88. The number of carbonyl (C=O) groups is 2. The van der Waals surface area contributed by atoms with E-state index in [9.17, 15) is 22.8 Å². The van der Waals surface area contributed by atoms with Crippen molar-refractivity contribution in [1.82, 2.24) is 5.32 Å². The summed E-state index contributed by atoms with van der Waals surface area (Å²) < 4.78 is 43.9. The van der Waals surface area contributed by atoms with Crippen LogP contribution in [0.4, 0.5) is 13.2 Å². The number of carbonyl (C=O) groups excluding carboxylic acids is 1. The summed E-state index contributed by atoms with van der Waals surface area (Å²) in [5.41, 5.74) is 0. The Morgan fingerprint density at radius 2 is 2.00 bits per heavy atom. The van der Waals surface area contributed by atoms with Gasteiger partial charge in [-0.05, 0) is 0 Å². The van der Waals surface area contributed by atoms with Crippen LogP contribution in [-0.4, -0.2) is 56.1 Å². The molecular weight excluding hydrogens is 259 g/mol. The lowest BCUT2D eigenvalue weighted by molar-refractivity contribution is -0.175. The Morgan fingerprint density at radius 1 is 1.39 bits per heavy atom. The van der Waals surface area contributed by atoms with Crippen LogP contribution in [0.2, 0.25) is 0 Å². The van der Waals surface area contributed by atoms with Gasteiger partial charge in [0.1, 0.15) is 13.2 Å². The smallest absolute Gasteiger partial charge is 0.411 e. The van der Waals surface area contributed by atoms with Gasteiger partial charge in [-0.1, -0.05) is 0 Å². The monoisotopic (exact) mass is 273 g/mol. The second kappa shape index (κ2) is 7.88. The highest BCUT2D eigenvalue weighted by molar-refractivity contribution is 5.77. The predicted octanol–water partition coefficient (Wildman–Crippen LogP) is 0.171. The summed E-state index contributed by atoms with van der Waals surface area (Å²) >= 11 is 0. The third-order valence-corrected chi connectivity index (χ3v) is 1.76. The van der Waals surface area contributed by atoms with E-state index >= 15 is 0 Å². The average Bonchev–Trinajstić information content (AvgIpc) is 2.21. The minimum Gasteiger partial charge on any atom is -0.481 e. The molecule has 0 radical (unpaired) electrons. The molecule has 18 heavy (non-hydrogen) atoms. The van der Waals surface area contributed by atoms with Crippen molar-refractivity contribution in [3.8, 4) is 0 Å². The van der Waals surface area contributed by atoms with Crippen molar-refractivity contribution < 1.29 is 37.3 Å². The van der Waals surface area contributed by atoms with E-state index in [2.05, 4.69) is 10.1 Å². The van der Waals surface area contributed by atoms with Crippen molar-refractivity contribution in [2.45, 2.75) is 18.7 Å². The van der Waals surface area contributed by atoms with E-state index in [1.807, 2.05) is 0 Å². The van der Waals surface area contributed by atoms with Crippen LogP contribution in [0, 0.1) is 0 Å². The fourth-order valence-corrected chi connectivity index (χ4v) is 0.972. The maximum atomic E-state index is 11.7. The van der Waals surface area contributed by atoms with E-state index in [1.165, 1.54) is 7.11 Å². The van der Waals surface area contributed by atoms with Gasteiger partial charge in [0.05, 0.1) is 12.5 Å². The normalized spacial score (nSPS) is 13.1. The molecule has 2 N–H and O–H groups in total. The molecule has 0 aliphatic carbocycles. The molecular formula is C9H14F3NO5. The number of nitrogens with one attached hydrogen (secondary N) is 1. The molecule has 6 nitrogen and oxygen atoms in total. The summed E-state index contributed by atoms with van der Waals surface area (Å²) in [7, 11) is 1.26. The summed E-state index contributed by atoms with van der Waals surface area (Å²) in [6.45, 7) is -2.37. The molecule has 0 heterocycles. The zero-order valence-corrected chi connectivity index (χ0v) is 9.62. The molecule has 0 aromatic rings. The highest BCUT2D eigenvalue weighted by Gasteiger charge is 2.27. The first-order valence-electron chi connectivity index (χ1n) is 4.90. The van der Waals surface area contributed by atoms with E-state index in [0.29, 0.717) is 0 Å². The Bertz CT molecular complexity index is 282. The van der Waals surface area contributed by atoms with Crippen LogP contribution >= 0.6 is 0 Å². The van der Waals surface area contributed by atoms with Crippen LogP contribution in [0.25, 0.3) is 0 Å². The van der Waals surface area contributed by atoms with Crippen molar-refractivity contribution in [1.29, 1.82) is 0 Å². The number of hydrogen-bond acceptors (Lipinski definition) is 4. The fraction of sp³-hybridized carbons (Fsp3) is 0.778. The first-order valence-corrected chi connectivity index (χ1v) is 4.90. The third-order valence-electron chi connectivity index (χ3n) is 1.76. The summed E-state index contributed by atoms with van der Waals surface area (Å²) in [6.07, 6.45) is -5.55. The van der Waals surface area contributed by atoms with Crippen LogP contribution in [0.15, 0.2) is 0 Å². The van der Waals surface area contributed by atoms with E-state index < -0.39 is 37.4 Å². The van der Waals surface area contributed by atoms with Gasteiger partial charge in [-0.2, -0.15) is 13.2 Å². The van der Waals surface area contributed by atoms with E-state index in [1.54, 1.807) is 0 Å². The molecule has 0 bridgehead atoms. The number of halogens is 3. The Hall–Kier alpha value is -1.35. The summed E-state index contributed by atoms with van der Waals surface area (Å²) in [4.78, 5) is 21.4. The molecule has 0 aromatic heterocycles. The molecule has 9 heteroatoms. The van der Waals surface area contributed by atoms with Gasteiger partial charge in [0.25, 0.3) is 0 Å². The Morgan fingerprint density at radius 3 is 2.44 bits per heavy atom. The zero-order chi connectivity index (χ0) is 14.2. The lowest BCUT2D eigenvalue weighted by Crippen LogP contribution is -2.37. The molecule has 0 aromatic carbocycles. The number of carboxylic acid groups (broad SMARTS) is 1. The van der Waals surface area contributed by atoms with Crippen molar-refractivity contribution in [3.63, 3.8) is 0 Å². The second-order valence-corrected chi connectivity index (χ2v) is 3.37. The third kappa shape index (κ3) is 9.85. The van der Waals surface area contributed by atoms with Gasteiger partial charge < -0.3 is 19.9 Å². The van der Waals surface area contributed by atoms with Crippen LogP contribution in [0.5, 0.6) is 0 Å². The quantitative estimate of drug-likeness (QED) is 0.658. The predicted molar refractivity (Wildman–Crippen MR) is 52.9 cm³/mol. The maximum absolute atomic E-state index is 11.7. The SMILES string of the molecule is COC(CNC(=O)COCC(F)(F)F)CC(=O)O. The molecule has 0 spiro atoms. The van der Waals surface area contributed by atoms with Crippen molar-refractivity contribution in [2.24, 2.45) is 0 Å². The standard InChI is InChI=1S/C9H14F3NO5/c1-17-6(2-8(15)16)3-13-7(14)4-18-5-9(10,11)12/h6H,2-5H2,1H3,(H,13,14)(H,15,16). The van der Waals surface area contributed by atoms with Gasteiger partial charge in [0.15, 0.2) is 0 Å². The molecule has 0 fully saturated rings. The molecule has 0 aliphatic heterocycles. The number of methoxy groups -OCH3 is 1. The molecule has 0 aliphatic rings. The molecule has 1 atom stereocenters. The second-order valence-electron chi connectivity index (χ2n) is 3.37. The number of alkyl halides is 3. The van der Waals surface area contributed by atoms with Gasteiger partial charge in [0.2, 0.25) is 5.91 Å². The van der Waals surface area contributed by atoms with Crippen molar-refractivity contribution >= 4 is 11.9 Å². The topological polar surface area (TPSA) is 84.9 Å². The number of hydrogen-bond donors (Lipinski definition) is 2. The number of carboxylic acids is 1. The first-order chi connectivity index (χ1) is 8.24. The number of amides is 1. The number of aliphatic carboxylic acids is 1. The van der Waals surface area contributed by atoms with Crippen LogP contribution in [-0.2, 0) is 19.1 Å². The Labute approximate surface area is 101 Å². The minimum atomic E-state index is -4.49. The highest BCUT2D eigenvalue weighted by atomic mass is 19.4. The van der Waals surface area contributed by atoms with Gasteiger partial charge in [0, 0.05) is 13.7 Å². The van der Waals surface area contributed by atoms with Crippen LogP contribution in [0.1, 0.15) is 6.42 Å². The van der Waals surface area contributed by atoms with E-state index in [4.69, 9.17) is 9.84 Å². The molecule has 106 valence electrons. The largest absolute Gasteiger partial charge is 0.481 e. The molecule has 1 unspecified atom stereocenters. The van der Waals surface area contributed by atoms with Crippen LogP contribution < -0.4 is 5.32 Å². The number of ether oxygens (including phenoxy) is 2. The van der Waals surface area contributed by atoms with Gasteiger partial charge in [-0.3, -0.25) is 9.59 Å². The van der Waals surface area contributed by atoms with Crippen molar-refractivity contribution in [3.05, 3.63) is 0 Å². The van der Waals surface area contributed by atoms with Crippen molar-refractivity contribution in [2.75, 3.05) is 26.9 Å². The Kier molecular flexibility index (Phi) is 7.29. The van der Waals surface area contributed by atoms with Gasteiger partial charge >= 0.3 is 12.1 Å². The van der Waals surface area contributed by atoms with Crippen LogP contribution in [0.3, 0.4) is 0 Å². The maximum Gasteiger partial charge on any atom is 0.411 e. The molecule has 1 amide bonds. The highest BCUT2D eigenvalue weighted by Crippen LogP contribution is 2.13. The zero-order valence-electron chi connectivity index (χ0n) is 9.62. The minimum absolute atomic E-state index is 0.114. The summed E-state index contributed by atoms with van der Waals surface area (Å²) in [5, 5.41) is 10.7. The molecule has 0 rings (SSSR count). The van der Waals surface area contributed by atoms with E-state index in [-0.39, 0.29) is 13.0 Å². The molecule has 0 saturated carbocycles. The molecule has 0 saturated heterocycles. The lowest BCUT2D eigenvalue weighted by atomic mass is 10.2. The Balaban J connectivity index is 3.78. The lowest BCUT2D eigenvalue weighted by Gasteiger charge is -2.14. The summed E-state index contributed by atoms with van der Waals surface area (Å²) in [6, 6.07) is 0. The average molecular weight is 273 g/mol. The van der Waals surface area contributed by atoms with Gasteiger partial charge in [-0.25, -0.2) is 0 Å². The van der Waals surface area contributed by atoms with E-state index in [0.717, 1.165) is 0 Å². The van der Waals surface area contributed by atoms with Gasteiger partial charge in [-0.15, -0.1) is 0 Å². The first kappa shape index (κ1) is 16.6. The fourth-order valence-electron chi connectivity index (χ4n) is 0.972.